The quantitative estimate of drug-likeness (QED) is 0.603. The van der Waals surface area contributed by atoms with Crippen LogP contribution in [0, 0.1) is 28.6 Å². The predicted molar refractivity (Wildman–Crippen MR) is 85.1 cm³/mol. The van der Waals surface area contributed by atoms with Crippen LogP contribution in [0.1, 0.15) is 58.8 Å². The summed E-state index contributed by atoms with van der Waals surface area (Å²) in [5, 5.41) is 31.3. The normalized spacial score (nSPS) is 57.6. The molecular formula is C19H30O3. The Morgan fingerprint density at radius 3 is 2.50 bits per heavy atom. The van der Waals surface area contributed by atoms with Gasteiger partial charge in [0.2, 0.25) is 0 Å². The number of hydrogen-bond donors (Lipinski definition) is 3. The summed E-state index contributed by atoms with van der Waals surface area (Å²) >= 11 is 0. The van der Waals surface area contributed by atoms with Crippen LogP contribution in [-0.2, 0) is 0 Å². The maximum Gasteiger partial charge on any atom is 0.0757 e. The molecule has 3 heteroatoms. The van der Waals surface area contributed by atoms with Crippen LogP contribution in [0.4, 0.5) is 0 Å². The minimum Gasteiger partial charge on any atom is -0.393 e. The standard InChI is InChI=1S/C19H30O3/c1-18-7-5-12(20)9-11(18)10-15(21)17-13-3-4-16(22)19(13,2)8-6-14(17)18/h10,12-17,20-22H,3-9H2,1-2H3/t12-,13?,14?,15-,16-,17?,18?,19?/m0/s1. The van der Waals surface area contributed by atoms with Gasteiger partial charge in [0.05, 0.1) is 18.3 Å². The summed E-state index contributed by atoms with van der Waals surface area (Å²) in [6, 6.07) is 0. The molecule has 0 spiro atoms. The van der Waals surface area contributed by atoms with Gasteiger partial charge in [-0.15, -0.1) is 0 Å². The van der Waals surface area contributed by atoms with Crippen LogP contribution >= 0.6 is 0 Å². The lowest BCUT2D eigenvalue weighted by Gasteiger charge is -2.58. The van der Waals surface area contributed by atoms with Crippen molar-refractivity contribution in [2.75, 3.05) is 0 Å². The van der Waals surface area contributed by atoms with Crippen molar-refractivity contribution in [1.82, 2.24) is 0 Å². The Bertz CT molecular complexity index is 501. The zero-order valence-corrected chi connectivity index (χ0v) is 13.8. The Kier molecular flexibility index (Phi) is 3.32. The summed E-state index contributed by atoms with van der Waals surface area (Å²) in [6.07, 6.45) is 8.05. The van der Waals surface area contributed by atoms with Crippen LogP contribution in [-0.4, -0.2) is 33.6 Å². The molecule has 4 rings (SSSR count). The molecule has 3 fully saturated rings. The van der Waals surface area contributed by atoms with E-state index in [1.54, 1.807) is 0 Å². The third-order valence-corrected chi connectivity index (χ3v) is 8.05. The zero-order chi connectivity index (χ0) is 15.7. The highest BCUT2D eigenvalue weighted by Gasteiger charge is 2.60. The van der Waals surface area contributed by atoms with E-state index in [0.29, 0.717) is 17.8 Å². The van der Waals surface area contributed by atoms with Gasteiger partial charge < -0.3 is 15.3 Å². The summed E-state index contributed by atoms with van der Waals surface area (Å²) in [7, 11) is 0. The average molecular weight is 306 g/mol. The fourth-order valence-electron chi connectivity index (χ4n) is 6.60. The van der Waals surface area contributed by atoms with Gasteiger partial charge in [0.15, 0.2) is 0 Å². The van der Waals surface area contributed by atoms with E-state index >= 15 is 0 Å². The van der Waals surface area contributed by atoms with Crippen LogP contribution in [0.15, 0.2) is 11.6 Å². The number of aliphatic hydroxyl groups is 3. The molecule has 0 aromatic carbocycles. The van der Waals surface area contributed by atoms with Crippen molar-refractivity contribution >= 4 is 0 Å². The summed E-state index contributed by atoms with van der Waals surface area (Å²) in [6.45, 7) is 4.60. The minimum atomic E-state index is -0.395. The summed E-state index contributed by atoms with van der Waals surface area (Å²) < 4.78 is 0. The molecular weight excluding hydrogens is 276 g/mol. The largest absolute Gasteiger partial charge is 0.393 e. The molecule has 0 amide bonds. The molecule has 4 aliphatic carbocycles. The van der Waals surface area contributed by atoms with Crippen molar-refractivity contribution < 1.29 is 15.3 Å². The summed E-state index contributed by atoms with van der Waals surface area (Å²) in [4.78, 5) is 0. The number of hydrogen-bond acceptors (Lipinski definition) is 3. The molecule has 3 saturated carbocycles. The Morgan fingerprint density at radius 2 is 1.73 bits per heavy atom. The van der Waals surface area contributed by atoms with Crippen molar-refractivity contribution in [1.29, 1.82) is 0 Å². The second-order valence-electron chi connectivity index (χ2n) is 8.92. The van der Waals surface area contributed by atoms with E-state index in [1.165, 1.54) is 5.57 Å². The highest BCUT2D eigenvalue weighted by Crippen LogP contribution is 2.64. The van der Waals surface area contributed by atoms with E-state index < -0.39 is 6.10 Å². The molecule has 22 heavy (non-hydrogen) atoms. The molecule has 0 aliphatic heterocycles. The highest BCUT2D eigenvalue weighted by atomic mass is 16.3. The van der Waals surface area contributed by atoms with Gasteiger partial charge in [-0.2, -0.15) is 0 Å². The van der Waals surface area contributed by atoms with Gasteiger partial charge >= 0.3 is 0 Å². The molecule has 0 aromatic rings. The van der Waals surface area contributed by atoms with Crippen molar-refractivity contribution in [3.05, 3.63) is 11.6 Å². The number of aliphatic hydroxyl groups excluding tert-OH is 3. The average Bonchev–Trinajstić information content (AvgIpc) is 2.77. The van der Waals surface area contributed by atoms with Crippen LogP contribution < -0.4 is 0 Å². The second-order valence-corrected chi connectivity index (χ2v) is 8.92. The van der Waals surface area contributed by atoms with Crippen LogP contribution in [0.2, 0.25) is 0 Å². The smallest absolute Gasteiger partial charge is 0.0757 e. The lowest BCUT2D eigenvalue weighted by atomic mass is 9.47. The third-order valence-electron chi connectivity index (χ3n) is 8.05. The molecule has 124 valence electrons. The van der Waals surface area contributed by atoms with Gasteiger partial charge in [-0.25, -0.2) is 0 Å². The molecule has 3 N–H and O–H groups in total. The van der Waals surface area contributed by atoms with E-state index in [4.69, 9.17) is 0 Å². The van der Waals surface area contributed by atoms with Gasteiger partial charge in [-0.05, 0) is 73.5 Å². The predicted octanol–water partition coefficient (Wildman–Crippen LogP) is 2.64. The SMILES string of the molecule is CC12CC[C@H](O)CC1=C[C@H](O)C1C2CCC2(C)C1CC[C@@H]2O. The first-order valence-corrected chi connectivity index (χ1v) is 9.11. The first kappa shape index (κ1) is 15.2. The molecule has 0 aromatic heterocycles. The maximum atomic E-state index is 10.9. The highest BCUT2D eigenvalue weighted by molar-refractivity contribution is 5.27. The van der Waals surface area contributed by atoms with Gasteiger partial charge in [0.1, 0.15) is 0 Å². The van der Waals surface area contributed by atoms with Gasteiger partial charge in [-0.1, -0.05) is 25.5 Å². The first-order chi connectivity index (χ1) is 10.4. The second kappa shape index (κ2) is 4.81. The monoisotopic (exact) mass is 306 g/mol. The number of fused-ring (bicyclic) bond motifs is 5. The third kappa shape index (κ3) is 1.85. The fourth-order valence-corrected chi connectivity index (χ4v) is 6.60. The topological polar surface area (TPSA) is 60.7 Å². The molecule has 3 nitrogen and oxygen atoms in total. The van der Waals surface area contributed by atoms with Gasteiger partial charge in [-0.3, -0.25) is 0 Å². The molecule has 0 radical (unpaired) electrons. The molecule has 0 heterocycles. The van der Waals surface area contributed by atoms with Crippen LogP contribution in [0.3, 0.4) is 0 Å². The Hall–Kier alpha value is -0.380. The molecule has 4 aliphatic rings. The Balaban J connectivity index is 1.73. The molecule has 5 unspecified atom stereocenters. The minimum absolute atomic E-state index is 0.00195. The zero-order valence-electron chi connectivity index (χ0n) is 13.8. The van der Waals surface area contributed by atoms with Gasteiger partial charge in [0.25, 0.3) is 0 Å². The van der Waals surface area contributed by atoms with Crippen molar-refractivity contribution in [2.45, 2.75) is 77.1 Å². The van der Waals surface area contributed by atoms with Crippen molar-refractivity contribution in [3.8, 4) is 0 Å². The first-order valence-electron chi connectivity index (χ1n) is 9.11. The van der Waals surface area contributed by atoms with Crippen LogP contribution in [0.25, 0.3) is 0 Å². The molecule has 8 atom stereocenters. The van der Waals surface area contributed by atoms with E-state index in [1.807, 2.05) is 0 Å². The maximum absolute atomic E-state index is 10.9. The van der Waals surface area contributed by atoms with E-state index in [2.05, 4.69) is 19.9 Å². The van der Waals surface area contributed by atoms with Crippen molar-refractivity contribution in [2.24, 2.45) is 28.6 Å². The summed E-state index contributed by atoms with van der Waals surface area (Å²) in [5.41, 5.74) is 1.44. The van der Waals surface area contributed by atoms with E-state index in [0.717, 1.165) is 44.9 Å². The van der Waals surface area contributed by atoms with Crippen LogP contribution in [0.5, 0.6) is 0 Å². The molecule has 0 bridgehead atoms. The Labute approximate surface area is 133 Å². The fraction of sp³-hybridized carbons (Fsp3) is 0.895. The molecule has 0 saturated heterocycles. The Morgan fingerprint density at radius 1 is 0.955 bits per heavy atom. The number of rotatable bonds is 0. The lowest BCUT2D eigenvalue weighted by molar-refractivity contribution is -0.105. The summed E-state index contributed by atoms with van der Waals surface area (Å²) in [5.74, 6) is 1.25. The lowest BCUT2D eigenvalue weighted by Crippen LogP contribution is -2.55. The van der Waals surface area contributed by atoms with Gasteiger partial charge in [0, 0.05) is 0 Å². The van der Waals surface area contributed by atoms with Crippen molar-refractivity contribution in [3.63, 3.8) is 0 Å². The van der Waals surface area contributed by atoms with E-state index in [-0.39, 0.29) is 23.0 Å². The van der Waals surface area contributed by atoms with E-state index in [9.17, 15) is 15.3 Å².